The minimum absolute atomic E-state index is 0.354. The Balaban J connectivity index is 1.79. The predicted octanol–water partition coefficient (Wildman–Crippen LogP) is 0.760. The lowest BCUT2D eigenvalue weighted by Gasteiger charge is -2.20. The summed E-state index contributed by atoms with van der Waals surface area (Å²) in [4.78, 5) is 6.91. The van der Waals surface area contributed by atoms with E-state index in [9.17, 15) is 8.42 Å². The largest absolute Gasteiger partial charge is 0.369 e. The normalized spacial score (nSPS) is 18.4. The van der Waals surface area contributed by atoms with Crippen LogP contribution in [0.3, 0.4) is 0 Å². The molecular weight excluding hydrogens is 338 g/mol. The van der Waals surface area contributed by atoms with E-state index in [0.717, 1.165) is 32.0 Å². The summed E-state index contributed by atoms with van der Waals surface area (Å²) >= 11 is 0. The first-order chi connectivity index (χ1) is 12.0. The zero-order valence-corrected chi connectivity index (χ0v) is 15.8. The first-order valence-corrected chi connectivity index (χ1v) is 10.7. The Morgan fingerprint density at radius 3 is 2.76 bits per heavy atom. The summed E-state index contributed by atoms with van der Waals surface area (Å²) in [5.41, 5.74) is 1.25. The SMILES string of the molecule is CCNC(=NCCCNS(C)(=O)=O)NC1CCN(c2ccccc2)C1. The molecule has 8 heteroatoms. The molecule has 3 N–H and O–H groups in total. The van der Waals surface area contributed by atoms with E-state index in [1.807, 2.05) is 13.0 Å². The molecule has 1 atom stereocenters. The Hall–Kier alpha value is -1.80. The van der Waals surface area contributed by atoms with Gasteiger partial charge in [-0.25, -0.2) is 13.1 Å². The number of para-hydroxylation sites is 1. The van der Waals surface area contributed by atoms with Crippen LogP contribution in [0.2, 0.25) is 0 Å². The number of sulfonamides is 1. The molecule has 1 saturated heterocycles. The third kappa shape index (κ3) is 7.31. The van der Waals surface area contributed by atoms with Crippen LogP contribution in [-0.4, -0.2) is 59.4 Å². The topological polar surface area (TPSA) is 85.8 Å². The summed E-state index contributed by atoms with van der Waals surface area (Å²) in [6.45, 7) is 5.79. The molecule has 1 aliphatic heterocycles. The molecule has 0 saturated carbocycles. The second-order valence-corrected chi connectivity index (χ2v) is 8.03. The van der Waals surface area contributed by atoms with E-state index in [1.54, 1.807) is 0 Å². The molecule has 1 fully saturated rings. The zero-order chi connectivity index (χ0) is 18.1. The molecule has 0 aliphatic carbocycles. The van der Waals surface area contributed by atoms with Crippen LogP contribution >= 0.6 is 0 Å². The molecule has 1 aromatic rings. The molecule has 0 amide bonds. The van der Waals surface area contributed by atoms with Crippen LogP contribution in [0.25, 0.3) is 0 Å². The van der Waals surface area contributed by atoms with Gasteiger partial charge < -0.3 is 15.5 Å². The van der Waals surface area contributed by atoms with Gasteiger partial charge in [-0.15, -0.1) is 0 Å². The maximum Gasteiger partial charge on any atom is 0.208 e. The van der Waals surface area contributed by atoms with E-state index in [0.29, 0.717) is 25.6 Å². The molecule has 1 aromatic carbocycles. The molecule has 140 valence electrons. The molecule has 2 rings (SSSR count). The summed E-state index contributed by atoms with van der Waals surface area (Å²) in [5, 5.41) is 6.74. The second kappa shape index (κ2) is 9.62. The number of rotatable bonds is 8. The number of nitrogens with zero attached hydrogens (tertiary/aromatic N) is 2. The lowest BCUT2D eigenvalue weighted by molar-refractivity contribution is 0.585. The second-order valence-electron chi connectivity index (χ2n) is 6.19. The Morgan fingerprint density at radius 1 is 1.32 bits per heavy atom. The van der Waals surface area contributed by atoms with Gasteiger partial charge in [-0.2, -0.15) is 0 Å². The van der Waals surface area contributed by atoms with E-state index in [1.165, 1.54) is 11.9 Å². The van der Waals surface area contributed by atoms with Gasteiger partial charge in [0.15, 0.2) is 5.96 Å². The van der Waals surface area contributed by atoms with Crippen LogP contribution in [0.1, 0.15) is 19.8 Å². The van der Waals surface area contributed by atoms with Crippen LogP contribution in [0.15, 0.2) is 35.3 Å². The molecule has 7 nitrogen and oxygen atoms in total. The van der Waals surface area contributed by atoms with Crippen molar-refractivity contribution in [2.24, 2.45) is 4.99 Å². The van der Waals surface area contributed by atoms with Crippen molar-refractivity contribution in [3.8, 4) is 0 Å². The van der Waals surface area contributed by atoms with E-state index in [-0.39, 0.29) is 0 Å². The van der Waals surface area contributed by atoms with Gasteiger partial charge in [-0.05, 0) is 31.9 Å². The molecule has 1 unspecified atom stereocenters. The molecule has 0 spiro atoms. The van der Waals surface area contributed by atoms with Crippen molar-refractivity contribution in [2.45, 2.75) is 25.8 Å². The van der Waals surface area contributed by atoms with Crippen molar-refractivity contribution in [1.29, 1.82) is 0 Å². The van der Waals surface area contributed by atoms with Crippen molar-refractivity contribution in [3.05, 3.63) is 30.3 Å². The number of nitrogens with one attached hydrogen (secondary N) is 3. The Morgan fingerprint density at radius 2 is 2.08 bits per heavy atom. The minimum atomic E-state index is -3.12. The van der Waals surface area contributed by atoms with Crippen molar-refractivity contribution in [1.82, 2.24) is 15.4 Å². The molecule has 1 heterocycles. The fraction of sp³-hybridized carbons (Fsp3) is 0.588. The number of hydrogen-bond acceptors (Lipinski definition) is 4. The highest BCUT2D eigenvalue weighted by molar-refractivity contribution is 7.88. The fourth-order valence-electron chi connectivity index (χ4n) is 2.79. The van der Waals surface area contributed by atoms with Gasteiger partial charge in [0.05, 0.1) is 6.26 Å². The minimum Gasteiger partial charge on any atom is -0.369 e. The lowest BCUT2D eigenvalue weighted by atomic mass is 10.3. The molecule has 1 aliphatic rings. The first kappa shape index (κ1) is 19.5. The average Bonchev–Trinajstić information content (AvgIpc) is 3.03. The molecule has 0 radical (unpaired) electrons. The zero-order valence-electron chi connectivity index (χ0n) is 15.0. The maximum atomic E-state index is 11.0. The number of aliphatic imine (C=N–C) groups is 1. The van der Waals surface area contributed by atoms with Crippen molar-refractivity contribution < 1.29 is 8.42 Å². The Labute approximate surface area is 151 Å². The highest BCUT2D eigenvalue weighted by Gasteiger charge is 2.23. The van der Waals surface area contributed by atoms with E-state index in [4.69, 9.17) is 0 Å². The van der Waals surface area contributed by atoms with Crippen LogP contribution in [0.4, 0.5) is 5.69 Å². The molecule has 0 aromatic heterocycles. The van der Waals surface area contributed by atoms with Crippen LogP contribution in [-0.2, 0) is 10.0 Å². The fourth-order valence-corrected chi connectivity index (χ4v) is 3.31. The van der Waals surface area contributed by atoms with Crippen molar-refractivity contribution in [3.63, 3.8) is 0 Å². The summed E-state index contributed by atoms with van der Waals surface area (Å²) in [5.74, 6) is 0.793. The lowest BCUT2D eigenvalue weighted by Crippen LogP contribution is -2.44. The number of hydrogen-bond donors (Lipinski definition) is 3. The monoisotopic (exact) mass is 367 g/mol. The van der Waals surface area contributed by atoms with Gasteiger partial charge in [0, 0.05) is 44.5 Å². The van der Waals surface area contributed by atoms with Gasteiger partial charge in [0.1, 0.15) is 0 Å². The van der Waals surface area contributed by atoms with E-state index < -0.39 is 10.0 Å². The Kier molecular flexibility index (Phi) is 7.52. The van der Waals surface area contributed by atoms with Gasteiger partial charge in [-0.1, -0.05) is 18.2 Å². The van der Waals surface area contributed by atoms with Gasteiger partial charge in [0.2, 0.25) is 10.0 Å². The summed E-state index contributed by atoms with van der Waals surface area (Å²) < 4.78 is 24.5. The van der Waals surface area contributed by atoms with Gasteiger partial charge in [-0.3, -0.25) is 4.99 Å². The van der Waals surface area contributed by atoms with E-state index in [2.05, 4.69) is 49.5 Å². The summed E-state index contributed by atoms with van der Waals surface area (Å²) in [6, 6.07) is 10.8. The number of benzene rings is 1. The standard InChI is InChI=1S/C17H29N5O2S/c1-3-18-17(19-11-7-12-20-25(2,23)24)21-15-10-13-22(14-15)16-8-5-4-6-9-16/h4-6,8-9,15,20H,3,7,10-14H2,1-2H3,(H2,18,19,21). The first-order valence-electron chi connectivity index (χ1n) is 8.77. The van der Waals surface area contributed by atoms with Crippen molar-refractivity contribution in [2.75, 3.05) is 43.9 Å². The number of anilines is 1. The van der Waals surface area contributed by atoms with E-state index >= 15 is 0 Å². The van der Waals surface area contributed by atoms with Crippen LogP contribution in [0.5, 0.6) is 0 Å². The third-order valence-electron chi connectivity index (χ3n) is 3.96. The molecular formula is C17H29N5O2S. The van der Waals surface area contributed by atoms with Gasteiger partial charge >= 0.3 is 0 Å². The molecule has 25 heavy (non-hydrogen) atoms. The quantitative estimate of drug-likeness (QED) is 0.359. The van der Waals surface area contributed by atoms with Gasteiger partial charge in [0.25, 0.3) is 0 Å². The van der Waals surface area contributed by atoms with Crippen molar-refractivity contribution >= 4 is 21.7 Å². The third-order valence-corrected chi connectivity index (χ3v) is 4.69. The maximum absolute atomic E-state index is 11.0. The van der Waals surface area contributed by atoms with Crippen LogP contribution in [0, 0.1) is 0 Å². The average molecular weight is 368 g/mol. The molecule has 0 bridgehead atoms. The van der Waals surface area contributed by atoms with Crippen LogP contribution < -0.4 is 20.3 Å². The number of guanidine groups is 1. The smallest absolute Gasteiger partial charge is 0.208 e. The summed E-state index contributed by atoms with van der Waals surface area (Å²) in [6.07, 6.45) is 2.90. The predicted molar refractivity (Wildman–Crippen MR) is 104 cm³/mol. The highest BCUT2D eigenvalue weighted by Crippen LogP contribution is 2.19. The highest BCUT2D eigenvalue weighted by atomic mass is 32.2. The Bertz CT molecular complexity index is 648. The summed E-state index contributed by atoms with van der Waals surface area (Å²) in [7, 11) is -3.12.